The number of carbonyl (C=O) groups is 2. The first-order chi connectivity index (χ1) is 15.8. The summed E-state index contributed by atoms with van der Waals surface area (Å²) >= 11 is 0. The predicted molar refractivity (Wildman–Crippen MR) is 125 cm³/mol. The fourth-order valence-corrected chi connectivity index (χ4v) is 4.13. The summed E-state index contributed by atoms with van der Waals surface area (Å²) < 4.78 is 24.4. The number of carbonyl (C=O) groups excluding carboxylic acids is 2. The van der Waals surface area contributed by atoms with Crippen molar-refractivity contribution in [2.45, 2.75) is 45.1 Å². The van der Waals surface area contributed by atoms with Gasteiger partial charge in [0, 0.05) is 30.7 Å². The maximum absolute atomic E-state index is 13.5. The number of hydrogen-bond acceptors (Lipinski definition) is 4. The van der Waals surface area contributed by atoms with Gasteiger partial charge < -0.3 is 20.1 Å². The van der Waals surface area contributed by atoms with Crippen LogP contribution in [0.4, 0.5) is 4.39 Å². The third-order valence-corrected chi connectivity index (χ3v) is 6.17. The van der Waals surface area contributed by atoms with Crippen molar-refractivity contribution < 1.29 is 23.5 Å². The highest BCUT2D eigenvalue weighted by Gasteiger charge is 2.36. The molecular formula is C26H33FN2O4. The number of amides is 2. The van der Waals surface area contributed by atoms with E-state index in [4.69, 9.17) is 9.47 Å². The molecule has 7 heteroatoms. The van der Waals surface area contributed by atoms with Crippen LogP contribution in [0.1, 0.15) is 49.5 Å². The summed E-state index contributed by atoms with van der Waals surface area (Å²) in [6, 6.07) is 12.6. The minimum atomic E-state index is -0.686. The summed E-state index contributed by atoms with van der Waals surface area (Å²) in [7, 11) is 0. The SMILES string of the molecule is CCOc1ccc(C(=O)NC(C(=O)NCC2(c3ccc(F)cc3)CCOCC2)C(C)C)cc1. The molecule has 1 aliphatic rings. The third kappa shape index (κ3) is 6.32. The zero-order valence-electron chi connectivity index (χ0n) is 19.5. The van der Waals surface area contributed by atoms with Crippen molar-refractivity contribution >= 4 is 11.8 Å². The van der Waals surface area contributed by atoms with Gasteiger partial charge in [-0.25, -0.2) is 4.39 Å². The molecule has 0 bridgehead atoms. The van der Waals surface area contributed by atoms with Gasteiger partial charge in [-0.05, 0) is 67.6 Å². The van der Waals surface area contributed by atoms with Crippen molar-refractivity contribution in [3.63, 3.8) is 0 Å². The van der Waals surface area contributed by atoms with Crippen LogP contribution in [0.3, 0.4) is 0 Å². The number of rotatable bonds is 9. The molecule has 2 N–H and O–H groups in total. The van der Waals surface area contributed by atoms with Gasteiger partial charge in [0.15, 0.2) is 0 Å². The Kier molecular flexibility index (Phi) is 8.44. The first-order valence-electron chi connectivity index (χ1n) is 11.5. The van der Waals surface area contributed by atoms with Crippen molar-refractivity contribution in [1.29, 1.82) is 0 Å². The largest absolute Gasteiger partial charge is 0.494 e. The van der Waals surface area contributed by atoms with Gasteiger partial charge in [-0.2, -0.15) is 0 Å². The second kappa shape index (κ2) is 11.3. The molecule has 33 heavy (non-hydrogen) atoms. The maximum Gasteiger partial charge on any atom is 0.251 e. The minimum Gasteiger partial charge on any atom is -0.494 e. The maximum atomic E-state index is 13.5. The molecule has 178 valence electrons. The molecule has 2 aromatic rings. The van der Waals surface area contributed by atoms with E-state index in [2.05, 4.69) is 10.6 Å². The molecular weight excluding hydrogens is 423 g/mol. The monoisotopic (exact) mass is 456 g/mol. The molecule has 3 rings (SSSR count). The van der Waals surface area contributed by atoms with E-state index in [-0.39, 0.29) is 29.0 Å². The standard InChI is InChI=1S/C26H33FN2O4/c1-4-33-22-11-5-19(6-12-22)24(30)29-23(18(2)3)25(31)28-17-26(13-15-32-16-14-26)20-7-9-21(27)10-8-20/h5-12,18,23H,4,13-17H2,1-3H3,(H,28,31)(H,29,30). The Balaban J connectivity index is 1.68. The molecule has 1 aliphatic heterocycles. The van der Waals surface area contributed by atoms with E-state index in [0.29, 0.717) is 37.7 Å². The molecule has 0 saturated carbocycles. The van der Waals surface area contributed by atoms with Gasteiger partial charge >= 0.3 is 0 Å². The first-order valence-corrected chi connectivity index (χ1v) is 11.5. The van der Waals surface area contributed by atoms with Crippen molar-refractivity contribution in [2.24, 2.45) is 5.92 Å². The van der Waals surface area contributed by atoms with Crippen LogP contribution in [0.5, 0.6) is 5.75 Å². The van der Waals surface area contributed by atoms with E-state index in [1.807, 2.05) is 20.8 Å². The summed E-state index contributed by atoms with van der Waals surface area (Å²) in [6.07, 6.45) is 1.45. The molecule has 1 fully saturated rings. The highest BCUT2D eigenvalue weighted by atomic mass is 19.1. The van der Waals surface area contributed by atoms with Crippen molar-refractivity contribution in [2.75, 3.05) is 26.4 Å². The average Bonchev–Trinajstić information content (AvgIpc) is 2.82. The van der Waals surface area contributed by atoms with Crippen LogP contribution in [0.15, 0.2) is 48.5 Å². The topological polar surface area (TPSA) is 76.7 Å². The molecule has 0 aromatic heterocycles. The second-order valence-corrected chi connectivity index (χ2v) is 8.77. The lowest BCUT2D eigenvalue weighted by Crippen LogP contribution is -2.53. The summed E-state index contributed by atoms with van der Waals surface area (Å²) in [5, 5.41) is 5.91. The quantitative estimate of drug-likeness (QED) is 0.601. The molecule has 1 atom stereocenters. The van der Waals surface area contributed by atoms with Gasteiger partial charge in [0.05, 0.1) is 6.61 Å². The lowest BCUT2D eigenvalue weighted by molar-refractivity contribution is -0.124. The van der Waals surface area contributed by atoms with Crippen molar-refractivity contribution in [3.8, 4) is 5.75 Å². The van der Waals surface area contributed by atoms with E-state index in [0.717, 1.165) is 18.4 Å². The highest BCUT2D eigenvalue weighted by molar-refractivity contribution is 5.97. The second-order valence-electron chi connectivity index (χ2n) is 8.77. The molecule has 6 nitrogen and oxygen atoms in total. The Morgan fingerprint density at radius 2 is 1.70 bits per heavy atom. The number of hydrogen-bond donors (Lipinski definition) is 2. The zero-order chi connectivity index (χ0) is 23.8. The Hall–Kier alpha value is -2.93. The van der Waals surface area contributed by atoms with Gasteiger partial charge in [-0.1, -0.05) is 26.0 Å². The predicted octanol–water partition coefficient (Wildman–Crippen LogP) is 3.84. The molecule has 0 spiro atoms. The van der Waals surface area contributed by atoms with Gasteiger partial charge in [0.2, 0.25) is 5.91 Å². The van der Waals surface area contributed by atoms with Crippen molar-refractivity contribution in [1.82, 2.24) is 10.6 Å². The molecule has 0 radical (unpaired) electrons. The lowest BCUT2D eigenvalue weighted by atomic mass is 9.74. The van der Waals surface area contributed by atoms with Gasteiger partial charge in [-0.15, -0.1) is 0 Å². The van der Waals surface area contributed by atoms with Crippen LogP contribution >= 0.6 is 0 Å². The summed E-state index contributed by atoms with van der Waals surface area (Å²) in [4.78, 5) is 25.9. The van der Waals surface area contributed by atoms with E-state index < -0.39 is 6.04 Å². The Morgan fingerprint density at radius 3 is 2.27 bits per heavy atom. The molecule has 1 unspecified atom stereocenters. The van der Waals surface area contributed by atoms with Crippen LogP contribution in [-0.4, -0.2) is 44.2 Å². The van der Waals surface area contributed by atoms with E-state index in [1.54, 1.807) is 36.4 Å². The first kappa shape index (κ1) is 24.7. The average molecular weight is 457 g/mol. The van der Waals surface area contributed by atoms with Crippen LogP contribution in [0.25, 0.3) is 0 Å². The van der Waals surface area contributed by atoms with E-state index in [1.165, 1.54) is 12.1 Å². The summed E-state index contributed by atoms with van der Waals surface area (Å²) in [5.74, 6) is -0.256. The van der Waals surface area contributed by atoms with Crippen molar-refractivity contribution in [3.05, 3.63) is 65.5 Å². The number of nitrogens with one attached hydrogen (secondary N) is 2. The number of ether oxygens (including phenoxy) is 2. The van der Waals surface area contributed by atoms with Crippen LogP contribution < -0.4 is 15.4 Å². The van der Waals surface area contributed by atoms with Crippen LogP contribution in [-0.2, 0) is 14.9 Å². The van der Waals surface area contributed by atoms with E-state index in [9.17, 15) is 14.0 Å². The van der Waals surface area contributed by atoms with Crippen LogP contribution in [0, 0.1) is 11.7 Å². The molecule has 2 aromatic carbocycles. The number of halogens is 1. The van der Waals surface area contributed by atoms with Gasteiger partial charge in [-0.3, -0.25) is 9.59 Å². The molecule has 1 heterocycles. The third-order valence-electron chi connectivity index (χ3n) is 6.17. The highest BCUT2D eigenvalue weighted by Crippen LogP contribution is 2.34. The van der Waals surface area contributed by atoms with Gasteiger partial charge in [0.25, 0.3) is 5.91 Å². The Bertz CT molecular complexity index is 922. The fourth-order valence-electron chi connectivity index (χ4n) is 4.13. The summed E-state index contributed by atoms with van der Waals surface area (Å²) in [5.41, 5.74) is 1.11. The zero-order valence-corrected chi connectivity index (χ0v) is 19.5. The molecule has 1 saturated heterocycles. The van der Waals surface area contributed by atoms with Gasteiger partial charge in [0.1, 0.15) is 17.6 Å². The lowest BCUT2D eigenvalue weighted by Gasteiger charge is -2.38. The van der Waals surface area contributed by atoms with Crippen LogP contribution in [0.2, 0.25) is 0 Å². The number of benzene rings is 2. The summed E-state index contributed by atoms with van der Waals surface area (Å²) in [6.45, 7) is 7.78. The Morgan fingerprint density at radius 1 is 1.06 bits per heavy atom. The normalized spacial score (nSPS) is 16.2. The molecule has 2 amide bonds. The Labute approximate surface area is 194 Å². The minimum absolute atomic E-state index is 0.104. The molecule has 0 aliphatic carbocycles. The van der Waals surface area contributed by atoms with E-state index >= 15 is 0 Å². The fraction of sp³-hybridized carbons (Fsp3) is 0.462. The smallest absolute Gasteiger partial charge is 0.251 e.